The van der Waals surface area contributed by atoms with Crippen LogP contribution in [-0.2, 0) is 14.3 Å². The molecule has 2 fully saturated rings. The summed E-state index contributed by atoms with van der Waals surface area (Å²) < 4.78 is 7.36. The van der Waals surface area contributed by atoms with Crippen LogP contribution in [-0.4, -0.2) is 101 Å². The molecule has 0 saturated carbocycles. The molecular weight excluding hydrogens is 426 g/mol. The molecule has 0 aliphatic carbocycles. The Morgan fingerprint density at radius 1 is 1.00 bits per heavy atom. The van der Waals surface area contributed by atoms with Gasteiger partial charge >= 0.3 is 0 Å². The van der Waals surface area contributed by atoms with Gasteiger partial charge in [-0.15, -0.1) is 0 Å². The lowest BCUT2D eigenvalue weighted by molar-refractivity contribution is -0.137. The number of morpholine rings is 1. The third-order valence-corrected chi connectivity index (χ3v) is 6.95. The fourth-order valence-electron chi connectivity index (χ4n) is 4.04. The molecule has 1 aromatic carbocycles. The van der Waals surface area contributed by atoms with Gasteiger partial charge in [0.05, 0.1) is 31.2 Å². The summed E-state index contributed by atoms with van der Waals surface area (Å²) in [5.41, 5.74) is 3.46. The van der Waals surface area contributed by atoms with Crippen molar-refractivity contribution in [2.24, 2.45) is 0 Å². The fourth-order valence-corrected chi connectivity index (χ4v) is 4.90. The summed E-state index contributed by atoms with van der Waals surface area (Å²) in [6.45, 7) is 9.92. The van der Waals surface area contributed by atoms with Crippen molar-refractivity contribution < 1.29 is 14.3 Å². The molecule has 4 rings (SSSR count). The quantitative estimate of drug-likeness (QED) is 0.614. The van der Waals surface area contributed by atoms with Crippen molar-refractivity contribution in [2.45, 2.75) is 19.0 Å². The third kappa shape index (κ3) is 5.51. The minimum atomic E-state index is 0.115. The fraction of sp³-hybridized carbons (Fsp3) is 0.522. The summed E-state index contributed by atoms with van der Waals surface area (Å²) >= 11 is 1.47. The molecule has 172 valence electrons. The molecule has 0 bridgehead atoms. The number of benzene rings is 1. The highest BCUT2D eigenvalue weighted by atomic mass is 32.2. The zero-order chi connectivity index (χ0) is 22.5. The largest absolute Gasteiger partial charge is 0.378 e. The van der Waals surface area contributed by atoms with E-state index in [1.165, 1.54) is 22.9 Å². The number of aromatic nitrogens is 2. The Balaban J connectivity index is 1.26. The zero-order valence-electron chi connectivity index (χ0n) is 18.8. The minimum absolute atomic E-state index is 0.115. The minimum Gasteiger partial charge on any atom is -0.378 e. The zero-order valence-corrected chi connectivity index (χ0v) is 19.6. The molecule has 0 N–H and O–H groups in total. The molecule has 2 amide bonds. The van der Waals surface area contributed by atoms with Crippen molar-refractivity contribution in [3.05, 3.63) is 41.7 Å². The van der Waals surface area contributed by atoms with Gasteiger partial charge in [-0.25, -0.2) is 4.98 Å². The number of hydrogen-bond acceptors (Lipinski definition) is 6. The van der Waals surface area contributed by atoms with Crippen molar-refractivity contribution in [2.75, 3.05) is 64.8 Å². The van der Waals surface area contributed by atoms with E-state index in [4.69, 9.17) is 4.74 Å². The standard InChI is InChI=1S/C23H31N5O3S/c1-18-3-4-19(2)20(15-18)28-6-5-24-23(28)32-17-22(30)26-9-7-25(8-10-26)16-21(29)27-11-13-31-14-12-27/h3-6,15H,7-14,16-17H2,1-2H3. The van der Waals surface area contributed by atoms with E-state index in [0.717, 1.165) is 23.9 Å². The van der Waals surface area contributed by atoms with E-state index >= 15 is 0 Å². The molecular formula is C23H31N5O3S. The number of rotatable bonds is 6. The summed E-state index contributed by atoms with van der Waals surface area (Å²) in [6, 6.07) is 6.34. The highest BCUT2D eigenvalue weighted by Gasteiger charge is 2.25. The summed E-state index contributed by atoms with van der Waals surface area (Å²) in [4.78, 5) is 35.6. The van der Waals surface area contributed by atoms with Crippen LogP contribution in [0, 0.1) is 13.8 Å². The van der Waals surface area contributed by atoms with Crippen LogP contribution >= 0.6 is 11.8 Å². The van der Waals surface area contributed by atoms with Crippen molar-refractivity contribution >= 4 is 23.6 Å². The lowest BCUT2D eigenvalue weighted by Crippen LogP contribution is -2.53. The Hall–Kier alpha value is -2.36. The number of imidazole rings is 1. The Morgan fingerprint density at radius 3 is 2.47 bits per heavy atom. The van der Waals surface area contributed by atoms with E-state index in [2.05, 4.69) is 46.5 Å². The van der Waals surface area contributed by atoms with Crippen LogP contribution < -0.4 is 0 Å². The van der Waals surface area contributed by atoms with Gasteiger partial charge in [-0.3, -0.25) is 19.1 Å². The maximum Gasteiger partial charge on any atom is 0.236 e. The van der Waals surface area contributed by atoms with Gasteiger partial charge in [0.25, 0.3) is 0 Å². The molecule has 32 heavy (non-hydrogen) atoms. The number of ether oxygens (including phenoxy) is 1. The highest BCUT2D eigenvalue weighted by Crippen LogP contribution is 2.24. The van der Waals surface area contributed by atoms with Crippen LogP contribution in [0.4, 0.5) is 0 Å². The van der Waals surface area contributed by atoms with E-state index in [9.17, 15) is 9.59 Å². The number of carbonyl (C=O) groups excluding carboxylic acids is 2. The molecule has 1 aromatic heterocycles. The van der Waals surface area contributed by atoms with Gasteiger partial charge < -0.3 is 14.5 Å². The average molecular weight is 458 g/mol. The second-order valence-corrected chi connectivity index (χ2v) is 9.25. The third-order valence-electron chi connectivity index (χ3n) is 6.00. The number of nitrogens with zero attached hydrogens (tertiary/aromatic N) is 5. The van der Waals surface area contributed by atoms with E-state index in [1.54, 1.807) is 6.20 Å². The maximum atomic E-state index is 12.8. The lowest BCUT2D eigenvalue weighted by atomic mass is 10.1. The molecule has 2 aliphatic rings. The predicted octanol–water partition coefficient (Wildman–Crippen LogP) is 1.58. The van der Waals surface area contributed by atoms with Crippen molar-refractivity contribution in [3.63, 3.8) is 0 Å². The number of hydrogen-bond donors (Lipinski definition) is 0. The van der Waals surface area contributed by atoms with Gasteiger partial charge in [0.2, 0.25) is 11.8 Å². The van der Waals surface area contributed by atoms with Gasteiger partial charge in [-0.05, 0) is 31.0 Å². The summed E-state index contributed by atoms with van der Waals surface area (Å²) in [6.07, 6.45) is 3.72. The maximum absolute atomic E-state index is 12.8. The van der Waals surface area contributed by atoms with E-state index in [-0.39, 0.29) is 11.8 Å². The molecule has 0 spiro atoms. The second-order valence-electron chi connectivity index (χ2n) is 8.31. The lowest BCUT2D eigenvalue weighted by Gasteiger charge is -2.36. The SMILES string of the molecule is Cc1ccc(C)c(-n2ccnc2SCC(=O)N2CCN(CC(=O)N3CCOCC3)CC2)c1. The summed E-state index contributed by atoms with van der Waals surface area (Å²) in [7, 11) is 0. The highest BCUT2D eigenvalue weighted by molar-refractivity contribution is 7.99. The Bertz CT molecular complexity index is 949. The van der Waals surface area contributed by atoms with Crippen LogP contribution in [0.5, 0.6) is 0 Å². The summed E-state index contributed by atoms with van der Waals surface area (Å²) in [5, 5.41) is 0.821. The molecule has 0 atom stereocenters. The van der Waals surface area contributed by atoms with Crippen LogP contribution in [0.3, 0.4) is 0 Å². The predicted molar refractivity (Wildman–Crippen MR) is 124 cm³/mol. The molecule has 8 nitrogen and oxygen atoms in total. The van der Waals surface area contributed by atoms with Crippen LogP contribution in [0.2, 0.25) is 0 Å². The normalized spacial score (nSPS) is 17.6. The van der Waals surface area contributed by atoms with Gasteiger partial charge in [-0.1, -0.05) is 23.9 Å². The number of amides is 2. The molecule has 2 aliphatic heterocycles. The number of piperazine rings is 1. The van der Waals surface area contributed by atoms with Gasteiger partial charge in [-0.2, -0.15) is 0 Å². The first-order chi connectivity index (χ1) is 15.5. The van der Waals surface area contributed by atoms with Gasteiger partial charge in [0.15, 0.2) is 5.16 Å². The Morgan fingerprint density at radius 2 is 1.72 bits per heavy atom. The first-order valence-electron chi connectivity index (χ1n) is 11.1. The van der Waals surface area contributed by atoms with Gasteiger partial charge in [0, 0.05) is 51.7 Å². The Labute approximate surface area is 193 Å². The van der Waals surface area contributed by atoms with Crippen LogP contribution in [0.15, 0.2) is 35.7 Å². The topological polar surface area (TPSA) is 70.9 Å². The first kappa shape index (κ1) is 22.8. The van der Waals surface area contributed by atoms with E-state index in [1.807, 2.05) is 16.0 Å². The molecule has 2 saturated heterocycles. The van der Waals surface area contributed by atoms with Crippen molar-refractivity contribution in [3.8, 4) is 5.69 Å². The Kier molecular flexibility index (Phi) is 7.49. The van der Waals surface area contributed by atoms with Gasteiger partial charge in [0.1, 0.15) is 0 Å². The first-order valence-corrected chi connectivity index (χ1v) is 12.1. The monoisotopic (exact) mass is 457 g/mol. The number of aryl methyl sites for hydroxylation is 2. The molecule has 9 heteroatoms. The van der Waals surface area contributed by atoms with E-state index < -0.39 is 0 Å². The number of thioether (sulfide) groups is 1. The molecule has 0 radical (unpaired) electrons. The van der Waals surface area contributed by atoms with Crippen LogP contribution in [0.25, 0.3) is 5.69 Å². The molecule has 2 aromatic rings. The van der Waals surface area contributed by atoms with Crippen molar-refractivity contribution in [1.82, 2.24) is 24.3 Å². The van der Waals surface area contributed by atoms with Crippen LogP contribution in [0.1, 0.15) is 11.1 Å². The second kappa shape index (κ2) is 10.5. The molecule has 0 unspecified atom stereocenters. The number of carbonyl (C=O) groups is 2. The summed E-state index contributed by atoms with van der Waals surface area (Å²) in [5.74, 6) is 0.626. The van der Waals surface area contributed by atoms with Crippen molar-refractivity contribution in [1.29, 1.82) is 0 Å². The average Bonchev–Trinajstić information content (AvgIpc) is 3.28. The molecule has 3 heterocycles. The van der Waals surface area contributed by atoms with E-state index in [0.29, 0.717) is 51.7 Å². The smallest absolute Gasteiger partial charge is 0.236 e.